The third-order valence-electron chi connectivity index (χ3n) is 5.21. The van der Waals surface area contributed by atoms with Crippen LogP contribution in [-0.4, -0.2) is 29.1 Å². The molecule has 3 N–H and O–H groups in total. The molecule has 1 aromatic heterocycles. The van der Waals surface area contributed by atoms with Crippen molar-refractivity contribution in [2.75, 3.05) is 13.1 Å². The molecule has 0 radical (unpaired) electrons. The fraction of sp³-hybridized carbons (Fsp3) is 0.385. The number of nitrogens with zero attached hydrogens (tertiary/aromatic N) is 2. The number of aliphatic imine (C=N–C) groups is 1. The lowest BCUT2D eigenvalue weighted by atomic mass is 9.87. The largest absolute Gasteiger partial charge is 0.443 e. The number of oxazole rings is 1. The molecule has 2 aromatic carbocycles. The third-order valence-corrected chi connectivity index (χ3v) is 5.21. The van der Waals surface area contributed by atoms with Crippen molar-refractivity contribution in [1.29, 1.82) is 0 Å². The lowest BCUT2D eigenvalue weighted by molar-refractivity contribution is 0.0414. The molecule has 0 fully saturated rings. The Morgan fingerprint density at radius 3 is 2.25 bits per heavy atom. The van der Waals surface area contributed by atoms with Gasteiger partial charge in [0.2, 0.25) is 5.89 Å². The first-order valence-electron chi connectivity index (χ1n) is 11.1. The topological polar surface area (TPSA) is 82.7 Å². The predicted molar refractivity (Wildman–Crippen MR) is 129 cm³/mol. The Morgan fingerprint density at radius 2 is 1.66 bits per heavy atom. The minimum Gasteiger partial charge on any atom is -0.443 e. The first-order valence-corrected chi connectivity index (χ1v) is 11.1. The van der Waals surface area contributed by atoms with Gasteiger partial charge in [0.25, 0.3) is 0 Å². The highest BCUT2D eigenvalue weighted by Crippen LogP contribution is 2.25. The van der Waals surface area contributed by atoms with E-state index >= 15 is 0 Å². The number of rotatable bonds is 8. The normalized spacial score (nSPS) is 14.1. The van der Waals surface area contributed by atoms with Gasteiger partial charge in [-0.15, -0.1) is 0 Å². The maximum atomic E-state index is 11.7. The molecule has 0 saturated carbocycles. The van der Waals surface area contributed by atoms with Crippen molar-refractivity contribution < 1.29 is 9.52 Å². The van der Waals surface area contributed by atoms with Crippen molar-refractivity contribution in [2.24, 2.45) is 4.99 Å². The summed E-state index contributed by atoms with van der Waals surface area (Å²) in [5.74, 6) is 2.00. The molecule has 0 amide bonds. The molecule has 170 valence electrons. The van der Waals surface area contributed by atoms with Crippen molar-refractivity contribution >= 4 is 5.96 Å². The Balaban J connectivity index is 1.75. The Labute approximate surface area is 190 Å². The van der Waals surface area contributed by atoms with Gasteiger partial charge in [0.15, 0.2) is 5.96 Å². The van der Waals surface area contributed by atoms with Crippen molar-refractivity contribution in [3.8, 4) is 0 Å². The fourth-order valence-electron chi connectivity index (χ4n) is 3.40. The fourth-order valence-corrected chi connectivity index (χ4v) is 3.40. The molecule has 32 heavy (non-hydrogen) atoms. The van der Waals surface area contributed by atoms with Crippen molar-refractivity contribution in [3.05, 3.63) is 89.6 Å². The third kappa shape index (κ3) is 6.44. The first-order chi connectivity index (χ1) is 15.3. The molecule has 1 atom stereocenters. The van der Waals surface area contributed by atoms with E-state index < -0.39 is 5.60 Å². The summed E-state index contributed by atoms with van der Waals surface area (Å²) in [6, 6.07) is 19.8. The zero-order valence-corrected chi connectivity index (χ0v) is 19.4. The molecule has 0 aliphatic carbocycles. The number of hydrogen-bond acceptors (Lipinski definition) is 4. The van der Waals surface area contributed by atoms with E-state index in [9.17, 15) is 5.11 Å². The monoisotopic (exact) mass is 434 g/mol. The summed E-state index contributed by atoms with van der Waals surface area (Å²) in [7, 11) is 0. The Hall–Kier alpha value is -3.12. The second-order valence-corrected chi connectivity index (χ2v) is 8.98. The van der Waals surface area contributed by atoms with E-state index in [4.69, 9.17) is 4.42 Å². The number of guanidine groups is 1. The summed E-state index contributed by atoms with van der Waals surface area (Å²) >= 11 is 0. The van der Waals surface area contributed by atoms with Crippen LogP contribution in [0.5, 0.6) is 0 Å². The molecule has 6 heteroatoms. The number of hydrogen-bond donors (Lipinski definition) is 3. The average Bonchev–Trinajstić information content (AvgIpc) is 3.27. The second kappa shape index (κ2) is 10.5. The maximum Gasteiger partial charge on any atom is 0.216 e. The maximum absolute atomic E-state index is 11.7. The lowest BCUT2D eigenvalue weighted by Crippen LogP contribution is -2.46. The lowest BCUT2D eigenvalue weighted by Gasteiger charge is -2.30. The van der Waals surface area contributed by atoms with Gasteiger partial charge in [0.05, 0.1) is 12.7 Å². The summed E-state index contributed by atoms with van der Waals surface area (Å²) in [6.07, 6.45) is 2.25. The van der Waals surface area contributed by atoms with Crippen LogP contribution in [0.2, 0.25) is 0 Å². The molecule has 6 nitrogen and oxygen atoms in total. The summed E-state index contributed by atoms with van der Waals surface area (Å²) < 4.78 is 5.85. The van der Waals surface area contributed by atoms with E-state index in [1.54, 1.807) is 6.20 Å². The zero-order valence-electron chi connectivity index (χ0n) is 19.4. The number of benzene rings is 2. The summed E-state index contributed by atoms with van der Waals surface area (Å²) in [6.45, 7) is 9.58. The average molecular weight is 435 g/mol. The molecule has 0 aliphatic rings. The van der Waals surface area contributed by atoms with Gasteiger partial charge < -0.3 is 20.2 Å². The smallest absolute Gasteiger partial charge is 0.216 e. The van der Waals surface area contributed by atoms with Gasteiger partial charge in [-0.05, 0) is 18.1 Å². The van der Waals surface area contributed by atoms with Crippen LogP contribution in [-0.2, 0) is 24.0 Å². The van der Waals surface area contributed by atoms with E-state index in [0.29, 0.717) is 37.9 Å². The summed E-state index contributed by atoms with van der Waals surface area (Å²) in [5, 5.41) is 18.2. The van der Waals surface area contributed by atoms with Gasteiger partial charge >= 0.3 is 0 Å². The quantitative estimate of drug-likeness (QED) is 0.366. The van der Waals surface area contributed by atoms with E-state index in [1.807, 2.05) is 67.6 Å². The SMILES string of the molecule is CCNC(=NCc1ncc(C(C)(C)C)o1)NCC(O)(Cc1ccccc1)c1ccccc1. The van der Waals surface area contributed by atoms with E-state index in [1.165, 1.54) is 0 Å². The molecule has 1 unspecified atom stereocenters. The molecular formula is C26H34N4O2. The number of aliphatic hydroxyl groups is 1. The molecule has 0 aliphatic heterocycles. The Bertz CT molecular complexity index is 993. The highest BCUT2D eigenvalue weighted by atomic mass is 16.4. The van der Waals surface area contributed by atoms with Gasteiger partial charge in [-0.25, -0.2) is 9.98 Å². The minimum absolute atomic E-state index is 0.0959. The van der Waals surface area contributed by atoms with Crippen molar-refractivity contribution in [3.63, 3.8) is 0 Å². The van der Waals surface area contributed by atoms with Gasteiger partial charge in [-0.3, -0.25) is 0 Å². The van der Waals surface area contributed by atoms with Crippen molar-refractivity contribution in [2.45, 2.75) is 51.7 Å². The molecule has 3 aromatic rings. The molecule has 0 bridgehead atoms. The van der Waals surface area contributed by atoms with Crippen LogP contribution in [0.1, 0.15) is 50.5 Å². The highest BCUT2D eigenvalue weighted by molar-refractivity contribution is 5.79. The molecular weight excluding hydrogens is 400 g/mol. The zero-order chi connectivity index (χ0) is 23.0. The Morgan fingerprint density at radius 1 is 1.00 bits per heavy atom. The first kappa shape index (κ1) is 23.5. The number of nitrogens with one attached hydrogen (secondary N) is 2. The summed E-state index contributed by atoms with van der Waals surface area (Å²) in [5.41, 5.74) is 0.731. The van der Waals surface area contributed by atoms with Gasteiger partial charge in [0, 0.05) is 18.4 Å². The van der Waals surface area contributed by atoms with E-state index in [-0.39, 0.29) is 5.41 Å². The number of aromatic nitrogens is 1. The molecule has 3 rings (SSSR count). The van der Waals surface area contributed by atoms with Crippen LogP contribution in [0.25, 0.3) is 0 Å². The van der Waals surface area contributed by atoms with Crippen LogP contribution in [0.3, 0.4) is 0 Å². The van der Waals surface area contributed by atoms with Gasteiger partial charge in [-0.2, -0.15) is 0 Å². The van der Waals surface area contributed by atoms with Gasteiger partial charge in [-0.1, -0.05) is 81.4 Å². The van der Waals surface area contributed by atoms with Crippen molar-refractivity contribution in [1.82, 2.24) is 15.6 Å². The van der Waals surface area contributed by atoms with Gasteiger partial charge in [0.1, 0.15) is 17.9 Å². The minimum atomic E-state index is -1.10. The summed E-state index contributed by atoms with van der Waals surface area (Å²) in [4.78, 5) is 8.96. The van der Waals surface area contributed by atoms with Crippen LogP contribution in [0.4, 0.5) is 0 Å². The molecule has 1 heterocycles. The molecule has 0 saturated heterocycles. The van der Waals surface area contributed by atoms with E-state index in [2.05, 4.69) is 41.4 Å². The second-order valence-electron chi connectivity index (χ2n) is 8.98. The van der Waals surface area contributed by atoms with E-state index in [0.717, 1.165) is 16.9 Å². The van der Waals surface area contributed by atoms with Crippen LogP contribution < -0.4 is 10.6 Å². The molecule has 0 spiro atoms. The standard InChI is InChI=1S/C26H34N4O2/c1-5-27-24(29-18-23-28-17-22(32-23)25(2,3)4)30-19-26(31,21-14-10-7-11-15-21)16-20-12-8-6-9-13-20/h6-15,17,31H,5,16,18-19H2,1-4H3,(H2,27,29,30). The van der Waals surface area contributed by atoms with Crippen LogP contribution in [0.15, 0.2) is 76.3 Å². The Kier molecular flexibility index (Phi) is 7.70. The highest BCUT2D eigenvalue weighted by Gasteiger charge is 2.30. The van der Waals surface area contributed by atoms with Crippen LogP contribution >= 0.6 is 0 Å². The predicted octanol–water partition coefficient (Wildman–Crippen LogP) is 4.16. The van der Waals surface area contributed by atoms with Crippen LogP contribution in [0, 0.1) is 0 Å².